The molecule has 0 bridgehead atoms. The number of benzene rings is 2. The number of aliphatic hydroxyl groups is 2. The zero-order valence-corrected chi connectivity index (χ0v) is 18.0. The first-order valence-corrected chi connectivity index (χ1v) is 10.5. The number of fused-ring (bicyclic) bond motifs is 1. The van der Waals surface area contributed by atoms with Gasteiger partial charge >= 0.3 is 5.69 Å². The van der Waals surface area contributed by atoms with Gasteiger partial charge in [0.2, 0.25) is 6.41 Å². The normalized spacial score (nSPS) is 22.5. The SMILES string of the molecule is CO[C@@H]1[C@@H](O)[C@@H](CO)O[C@H]1n1cc(N(C=O)CCc2cccc3ccccc23)c(=O)[nH]c1=O. The largest absolute Gasteiger partial charge is 0.394 e. The van der Waals surface area contributed by atoms with E-state index in [9.17, 15) is 24.6 Å². The summed E-state index contributed by atoms with van der Waals surface area (Å²) in [6.07, 6.45) is -1.99. The minimum atomic E-state index is -1.18. The van der Waals surface area contributed by atoms with Gasteiger partial charge in [-0.3, -0.25) is 19.1 Å². The molecule has 1 aliphatic rings. The summed E-state index contributed by atoms with van der Waals surface area (Å²) in [4.78, 5) is 40.3. The number of ether oxygens (including phenoxy) is 2. The molecule has 1 fully saturated rings. The van der Waals surface area contributed by atoms with Crippen LogP contribution in [-0.4, -0.2) is 64.7 Å². The van der Waals surface area contributed by atoms with Gasteiger partial charge in [-0.25, -0.2) is 4.79 Å². The zero-order chi connectivity index (χ0) is 23.5. The highest BCUT2D eigenvalue weighted by atomic mass is 16.6. The zero-order valence-electron chi connectivity index (χ0n) is 18.0. The molecule has 0 saturated carbocycles. The van der Waals surface area contributed by atoms with Gasteiger partial charge in [-0.1, -0.05) is 42.5 Å². The lowest BCUT2D eigenvalue weighted by molar-refractivity contribution is -0.107. The summed E-state index contributed by atoms with van der Waals surface area (Å²) in [6, 6.07) is 13.8. The Balaban J connectivity index is 1.64. The fourth-order valence-electron chi connectivity index (χ4n) is 4.20. The Hall–Kier alpha value is -3.31. The average molecular weight is 455 g/mol. The summed E-state index contributed by atoms with van der Waals surface area (Å²) in [5, 5.41) is 21.8. The van der Waals surface area contributed by atoms with Crippen LogP contribution in [0.3, 0.4) is 0 Å². The van der Waals surface area contributed by atoms with E-state index in [1.54, 1.807) is 0 Å². The number of carbonyl (C=O) groups is 1. The number of carbonyl (C=O) groups excluding carboxylic acids is 1. The Morgan fingerprint density at radius 1 is 1.21 bits per heavy atom. The van der Waals surface area contributed by atoms with E-state index in [0.29, 0.717) is 12.8 Å². The van der Waals surface area contributed by atoms with Gasteiger partial charge in [0.15, 0.2) is 6.23 Å². The van der Waals surface area contributed by atoms with Crippen molar-refractivity contribution < 1.29 is 24.5 Å². The van der Waals surface area contributed by atoms with E-state index >= 15 is 0 Å². The molecule has 0 spiro atoms. The molecule has 1 amide bonds. The van der Waals surface area contributed by atoms with E-state index in [-0.39, 0.29) is 12.2 Å². The lowest BCUT2D eigenvalue weighted by Crippen LogP contribution is -2.41. The molecule has 3 N–H and O–H groups in total. The molecule has 1 aliphatic heterocycles. The number of rotatable bonds is 8. The molecule has 0 radical (unpaired) electrons. The van der Waals surface area contributed by atoms with Gasteiger partial charge in [-0.15, -0.1) is 0 Å². The van der Waals surface area contributed by atoms with Crippen LogP contribution in [-0.2, 0) is 20.7 Å². The summed E-state index contributed by atoms with van der Waals surface area (Å²) < 4.78 is 11.9. The quantitative estimate of drug-likeness (QED) is 0.412. The Morgan fingerprint density at radius 3 is 2.70 bits per heavy atom. The highest BCUT2D eigenvalue weighted by Crippen LogP contribution is 2.30. The van der Waals surface area contributed by atoms with Gasteiger partial charge in [-0.2, -0.15) is 0 Å². The van der Waals surface area contributed by atoms with Crippen molar-refractivity contribution >= 4 is 22.9 Å². The van der Waals surface area contributed by atoms with E-state index in [4.69, 9.17) is 9.47 Å². The van der Waals surface area contributed by atoms with Gasteiger partial charge in [0, 0.05) is 19.9 Å². The number of methoxy groups -OCH3 is 1. The molecule has 1 saturated heterocycles. The second kappa shape index (κ2) is 9.67. The van der Waals surface area contributed by atoms with Gasteiger partial charge in [0.25, 0.3) is 5.56 Å². The molecule has 174 valence electrons. The second-order valence-electron chi connectivity index (χ2n) is 7.81. The van der Waals surface area contributed by atoms with Gasteiger partial charge < -0.3 is 24.6 Å². The predicted molar refractivity (Wildman–Crippen MR) is 120 cm³/mol. The van der Waals surface area contributed by atoms with Crippen molar-refractivity contribution in [2.24, 2.45) is 0 Å². The Labute approximate surface area is 188 Å². The van der Waals surface area contributed by atoms with Crippen LogP contribution in [0.1, 0.15) is 11.8 Å². The highest BCUT2D eigenvalue weighted by Gasteiger charge is 2.45. The van der Waals surface area contributed by atoms with Crippen LogP contribution < -0.4 is 16.1 Å². The Kier molecular flexibility index (Phi) is 6.70. The smallest absolute Gasteiger partial charge is 0.330 e. The van der Waals surface area contributed by atoms with Crippen molar-refractivity contribution in [1.29, 1.82) is 0 Å². The Morgan fingerprint density at radius 2 is 1.97 bits per heavy atom. The summed E-state index contributed by atoms with van der Waals surface area (Å²) >= 11 is 0. The molecule has 2 heterocycles. The molecular weight excluding hydrogens is 430 g/mol. The third-order valence-electron chi connectivity index (χ3n) is 5.93. The van der Waals surface area contributed by atoms with E-state index in [1.807, 2.05) is 42.5 Å². The minimum absolute atomic E-state index is 0.0507. The van der Waals surface area contributed by atoms with Crippen molar-refractivity contribution in [3.63, 3.8) is 0 Å². The molecular formula is C23H25N3O7. The number of anilines is 1. The molecule has 4 atom stereocenters. The maximum absolute atomic E-state index is 12.5. The molecule has 10 nitrogen and oxygen atoms in total. The number of nitrogens with zero attached hydrogens (tertiary/aromatic N) is 2. The predicted octanol–water partition coefficient (Wildman–Crippen LogP) is 0.161. The summed E-state index contributed by atoms with van der Waals surface area (Å²) in [7, 11) is 1.34. The summed E-state index contributed by atoms with van der Waals surface area (Å²) in [5.41, 5.74) is -0.559. The lowest BCUT2D eigenvalue weighted by Gasteiger charge is -2.23. The van der Waals surface area contributed by atoms with Crippen LogP contribution in [0.15, 0.2) is 58.3 Å². The third kappa shape index (κ3) is 4.33. The molecule has 10 heteroatoms. The van der Waals surface area contributed by atoms with Gasteiger partial charge in [0.05, 0.1) is 6.61 Å². The first-order chi connectivity index (χ1) is 16.0. The highest BCUT2D eigenvalue weighted by molar-refractivity contribution is 5.85. The minimum Gasteiger partial charge on any atom is -0.394 e. The number of amides is 1. The van der Waals surface area contributed by atoms with Crippen LogP contribution in [0.25, 0.3) is 10.8 Å². The van der Waals surface area contributed by atoms with Crippen LogP contribution in [0.4, 0.5) is 5.69 Å². The molecule has 2 aromatic carbocycles. The lowest BCUT2D eigenvalue weighted by atomic mass is 10.0. The molecule has 4 rings (SSSR count). The average Bonchev–Trinajstić information content (AvgIpc) is 3.15. The van der Waals surface area contributed by atoms with Crippen LogP contribution in [0.5, 0.6) is 0 Å². The molecule has 3 aromatic rings. The fraction of sp³-hybridized carbons (Fsp3) is 0.348. The molecule has 33 heavy (non-hydrogen) atoms. The summed E-state index contributed by atoms with van der Waals surface area (Å²) in [5.74, 6) is 0. The second-order valence-corrected chi connectivity index (χ2v) is 7.81. The van der Waals surface area contributed by atoms with Gasteiger partial charge in [-0.05, 0) is 22.8 Å². The number of hydrogen-bond acceptors (Lipinski definition) is 7. The first kappa shape index (κ1) is 22.9. The number of aromatic amines is 1. The van der Waals surface area contributed by atoms with Crippen molar-refractivity contribution in [3.8, 4) is 0 Å². The van der Waals surface area contributed by atoms with E-state index in [2.05, 4.69) is 4.98 Å². The number of H-pyrrole nitrogens is 1. The van der Waals surface area contributed by atoms with E-state index in [1.165, 1.54) is 18.2 Å². The third-order valence-corrected chi connectivity index (χ3v) is 5.93. The first-order valence-electron chi connectivity index (χ1n) is 10.5. The van der Waals surface area contributed by atoms with Crippen LogP contribution >= 0.6 is 0 Å². The van der Waals surface area contributed by atoms with Crippen molar-refractivity contribution in [2.45, 2.75) is 31.0 Å². The number of aliphatic hydroxyl groups excluding tert-OH is 2. The number of nitrogens with one attached hydrogen (secondary N) is 1. The summed E-state index contributed by atoms with van der Waals surface area (Å²) in [6.45, 7) is -0.284. The molecule has 1 aromatic heterocycles. The molecule has 0 aliphatic carbocycles. The van der Waals surface area contributed by atoms with Crippen molar-refractivity contribution in [3.05, 3.63) is 75.1 Å². The van der Waals surface area contributed by atoms with Crippen molar-refractivity contribution in [2.75, 3.05) is 25.2 Å². The molecule has 0 unspecified atom stereocenters. The fourth-order valence-corrected chi connectivity index (χ4v) is 4.20. The van der Waals surface area contributed by atoms with Crippen LogP contribution in [0.2, 0.25) is 0 Å². The van der Waals surface area contributed by atoms with Crippen LogP contribution in [0, 0.1) is 0 Å². The number of hydrogen-bond donors (Lipinski definition) is 3. The van der Waals surface area contributed by atoms with E-state index < -0.39 is 42.4 Å². The van der Waals surface area contributed by atoms with Crippen molar-refractivity contribution in [1.82, 2.24) is 9.55 Å². The maximum Gasteiger partial charge on any atom is 0.330 e. The standard InChI is InChI=1S/C23H25N3O7/c1-32-20-19(29)18(12-27)33-22(20)26-11-17(21(30)24-23(26)31)25(13-28)10-9-15-7-4-6-14-5-2-3-8-16(14)15/h2-8,11,13,18-20,22,27,29H,9-10,12H2,1H3,(H,24,30,31)/t18-,19+,20-,22-/m1/s1. The number of aromatic nitrogens is 2. The Bertz CT molecular complexity index is 1250. The topological polar surface area (TPSA) is 134 Å². The monoisotopic (exact) mass is 455 g/mol. The van der Waals surface area contributed by atoms with Gasteiger partial charge in [0.1, 0.15) is 24.0 Å². The maximum atomic E-state index is 12.5. The van der Waals surface area contributed by atoms with E-state index in [0.717, 1.165) is 20.9 Å².